The van der Waals surface area contributed by atoms with Crippen LogP contribution in [0.25, 0.3) is 0 Å². The maximum Gasteiger partial charge on any atom is 0.0764 e. The molecule has 1 rings (SSSR count). The van der Waals surface area contributed by atoms with Gasteiger partial charge in [0, 0.05) is 4.47 Å². The Balaban J connectivity index is 3.23. The molecule has 0 saturated carbocycles. The van der Waals surface area contributed by atoms with Gasteiger partial charge in [-0.15, -0.1) is 0 Å². The Bertz CT molecular complexity index is 292. The second-order valence-corrected chi connectivity index (χ2v) is 3.99. The average molecular weight is 229 g/mol. The normalized spacial score (nSPS) is 13.1. The lowest BCUT2D eigenvalue weighted by Crippen LogP contribution is -1.95. The highest BCUT2D eigenvalue weighted by molar-refractivity contribution is 9.10. The van der Waals surface area contributed by atoms with Crippen molar-refractivity contribution in [3.8, 4) is 0 Å². The number of hydrogen-bond donors (Lipinski definition) is 1. The van der Waals surface area contributed by atoms with Crippen LogP contribution in [0.2, 0.25) is 0 Å². The standard InChI is InChI=1S/C10H13BrO/c1-6-5-10(11)7(2)4-9(6)8(3)12/h4-5,8,12H,1-3H3. The van der Waals surface area contributed by atoms with Gasteiger partial charge in [-0.3, -0.25) is 0 Å². The molecule has 0 bridgehead atoms. The van der Waals surface area contributed by atoms with Gasteiger partial charge in [-0.2, -0.15) is 0 Å². The number of aryl methyl sites for hydroxylation is 2. The number of rotatable bonds is 1. The van der Waals surface area contributed by atoms with E-state index in [-0.39, 0.29) is 6.10 Å². The van der Waals surface area contributed by atoms with Crippen molar-refractivity contribution in [1.29, 1.82) is 0 Å². The Labute approximate surface area is 81.6 Å². The van der Waals surface area contributed by atoms with Gasteiger partial charge in [0.2, 0.25) is 0 Å². The maximum atomic E-state index is 9.40. The third-order valence-electron chi connectivity index (χ3n) is 2.00. The van der Waals surface area contributed by atoms with E-state index in [1.165, 1.54) is 0 Å². The molecule has 1 aromatic carbocycles. The van der Waals surface area contributed by atoms with E-state index < -0.39 is 0 Å². The third-order valence-corrected chi connectivity index (χ3v) is 2.85. The van der Waals surface area contributed by atoms with Crippen molar-refractivity contribution in [1.82, 2.24) is 0 Å². The number of halogens is 1. The van der Waals surface area contributed by atoms with E-state index in [9.17, 15) is 5.11 Å². The molecule has 0 radical (unpaired) electrons. The summed E-state index contributed by atoms with van der Waals surface area (Å²) in [5.74, 6) is 0. The first-order valence-corrected chi connectivity index (χ1v) is 4.76. The van der Waals surface area contributed by atoms with Gasteiger partial charge in [0.25, 0.3) is 0 Å². The molecule has 0 saturated heterocycles. The SMILES string of the molecule is Cc1cc(C(C)O)c(C)cc1Br. The lowest BCUT2D eigenvalue weighted by Gasteiger charge is -2.10. The van der Waals surface area contributed by atoms with E-state index >= 15 is 0 Å². The van der Waals surface area contributed by atoms with Crippen molar-refractivity contribution >= 4 is 15.9 Å². The molecule has 2 heteroatoms. The molecule has 0 amide bonds. The minimum atomic E-state index is -0.378. The van der Waals surface area contributed by atoms with Crippen molar-refractivity contribution in [2.24, 2.45) is 0 Å². The molecule has 1 nitrogen and oxygen atoms in total. The van der Waals surface area contributed by atoms with Crippen LogP contribution in [0.3, 0.4) is 0 Å². The first-order valence-electron chi connectivity index (χ1n) is 3.97. The Morgan fingerprint density at radius 2 is 1.83 bits per heavy atom. The summed E-state index contributed by atoms with van der Waals surface area (Å²) in [5, 5.41) is 9.40. The van der Waals surface area contributed by atoms with E-state index in [4.69, 9.17) is 0 Å². The number of aliphatic hydroxyl groups is 1. The van der Waals surface area contributed by atoms with Gasteiger partial charge in [0.05, 0.1) is 6.10 Å². The van der Waals surface area contributed by atoms with Crippen LogP contribution in [-0.4, -0.2) is 5.11 Å². The van der Waals surface area contributed by atoms with Crippen LogP contribution in [0.5, 0.6) is 0 Å². The maximum absolute atomic E-state index is 9.40. The van der Waals surface area contributed by atoms with Crippen LogP contribution in [-0.2, 0) is 0 Å². The van der Waals surface area contributed by atoms with Gasteiger partial charge in [0.1, 0.15) is 0 Å². The molecule has 1 unspecified atom stereocenters. The average Bonchev–Trinajstić information content (AvgIpc) is 1.96. The minimum Gasteiger partial charge on any atom is -0.389 e. The highest BCUT2D eigenvalue weighted by Crippen LogP contribution is 2.24. The fourth-order valence-corrected chi connectivity index (χ4v) is 1.71. The minimum absolute atomic E-state index is 0.378. The summed E-state index contributed by atoms with van der Waals surface area (Å²) in [6.07, 6.45) is -0.378. The number of aliphatic hydroxyl groups excluding tert-OH is 1. The summed E-state index contributed by atoms with van der Waals surface area (Å²) < 4.78 is 1.10. The van der Waals surface area contributed by atoms with E-state index in [0.717, 1.165) is 21.2 Å². The summed E-state index contributed by atoms with van der Waals surface area (Å²) in [6.45, 7) is 5.82. The zero-order chi connectivity index (χ0) is 9.30. The predicted octanol–water partition coefficient (Wildman–Crippen LogP) is 3.12. The van der Waals surface area contributed by atoms with Crippen molar-refractivity contribution in [3.05, 3.63) is 33.3 Å². The topological polar surface area (TPSA) is 20.2 Å². The smallest absolute Gasteiger partial charge is 0.0764 e. The molecule has 1 atom stereocenters. The molecule has 1 aromatic rings. The largest absolute Gasteiger partial charge is 0.389 e. The van der Waals surface area contributed by atoms with Crippen LogP contribution in [0, 0.1) is 13.8 Å². The third kappa shape index (κ3) is 1.87. The van der Waals surface area contributed by atoms with Crippen LogP contribution in [0.15, 0.2) is 16.6 Å². The molecule has 0 heterocycles. The van der Waals surface area contributed by atoms with Crippen molar-refractivity contribution in [3.63, 3.8) is 0 Å². The van der Waals surface area contributed by atoms with Crippen LogP contribution >= 0.6 is 15.9 Å². The van der Waals surface area contributed by atoms with Gasteiger partial charge in [0.15, 0.2) is 0 Å². The monoisotopic (exact) mass is 228 g/mol. The highest BCUT2D eigenvalue weighted by atomic mass is 79.9. The van der Waals surface area contributed by atoms with Gasteiger partial charge in [-0.05, 0) is 43.5 Å². The Kier molecular flexibility index (Phi) is 2.91. The highest BCUT2D eigenvalue weighted by Gasteiger charge is 2.06. The summed E-state index contributed by atoms with van der Waals surface area (Å²) in [7, 11) is 0. The van der Waals surface area contributed by atoms with E-state index in [0.29, 0.717) is 0 Å². The molecular formula is C10H13BrO. The zero-order valence-corrected chi connectivity index (χ0v) is 9.14. The fraction of sp³-hybridized carbons (Fsp3) is 0.400. The van der Waals surface area contributed by atoms with Crippen LogP contribution in [0.4, 0.5) is 0 Å². The van der Waals surface area contributed by atoms with E-state index in [2.05, 4.69) is 15.9 Å². The lowest BCUT2D eigenvalue weighted by atomic mass is 10.0. The van der Waals surface area contributed by atoms with Gasteiger partial charge < -0.3 is 5.11 Å². The van der Waals surface area contributed by atoms with Crippen molar-refractivity contribution < 1.29 is 5.11 Å². The molecule has 1 N–H and O–H groups in total. The fourth-order valence-electron chi connectivity index (χ4n) is 1.25. The molecule has 0 aliphatic rings. The first-order chi connectivity index (χ1) is 5.52. The Morgan fingerprint density at radius 1 is 1.25 bits per heavy atom. The molecule has 0 aromatic heterocycles. The van der Waals surface area contributed by atoms with Crippen LogP contribution < -0.4 is 0 Å². The molecule has 0 aliphatic heterocycles. The summed E-state index contributed by atoms with van der Waals surface area (Å²) >= 11 is 3.45. The quantitative estimate of drug-likeness (QED) is 0.784. The van der Waals surface area contributed by atoms with Gasteiger partial charge in [-0.1, -0.05) is 22.0 Å². The van der Waals surface area contributed by atoms with E-state index in [1.54, 1.807) is 6.92 Å². The summed E-state index contributed by atoms with van der Waals surface area (Å²) in [5.41, 5.74) is 3.30. The molecule has 12 heavy (non-hydrogen) atoms. The van der Waals surface area contributed by atoms with Gasteiger partial charge in [-0.25, -0.2) is 0 Å². The van der Waals surface area contributed by atoms with Crippen molar-refractivity contribution in [2.75, 3.05) is 0 Å². The molecule has 66 valence electrons. The van der Waals surface area contributed by atoms with Crippen molar-refractivity contribution in [2.45, 2.75) is 26.9 Å². The summed E-state index contributed by atoms with van der Waals surface area (Å²) in [6, 6.07) is 4.06. The Morgan fingerprint density at radius 3 is 2.33 bits per heavy atom. The van der Waals surface area contributed by atoms with Gasteiger partial charge >= 0.3 is 0 Å². The van der Waals surface area contributed by atoms with Crippen LogP contribution in [0.1, 0.15) is 29.7 Å². The second-order valence-electron chi connectivity index (χ2n) is 3.13. The molecule has 0 fully saturated rings. The Hall–Kier alpha value is -0.340. The summed E-state index contributed by atoms with van der Waals surface area (Å²) in [4.78, 5) is 0. The first kappa shape index (κ1) is 9.75. The molecular weight excluding hydrogens is 216 g/mol. The van der Waals surface area contributed by atoms with E-state index in [1.807, 2.05) is 26.0 Å². The number of benzene rings is 1. The molecule has 0 spiro atoms. The predicted molar refractivity (Wildman–Crippen MR) is 54.2 cm³/mol. The molecule has 0 aliphatic carbocycles. The number of hydrogen-bond acceptors (Lipinski definition) is 1. The zero-order valence-electron chi connectivity index (χ0n) is 7.56. The second kappa shape index (κ2) is 3.58. The lowest BCUT2D eigenvalue weighted by molar-refractivity contribution is 0.198.